The fourth-order valence-electron chi connectivity index (χ4n) is 2.33. The monoisotopic (exact) mass is 344 g/mol. The van der Waals surface area contributed by atoms with Crippen molar-refractivity contribution in [3.8, 4) is 0 Å². The van der Waals surface area contributed by atoms with Crippen molar-refractivity contribution in [2.75, 3.05) is 6.26 Å². The number of carbonyl (C=O) groups is 3. The van der Waals surface area contributed by atoms with Gasteiger partial charge in [-0.25, -0.2) is 8.42 Å². The highest BCUT2D eigenvalue weighted by Crippen LogP contribution is 2.27. The highest BCUT2D eigenvalue weighted by Gasteiger charge is 2.40. The molecule has 0 heterocycles. The van der Waals surface area contributed by atoms with E-state index in [4.69, 9.17) is 11.6 Å². The minimum absolute atomic E-state index is 0.0641. The van der Waals surface area contributed by atoms with Crippen LogP contribution in [0.3, 0.4) is 0 Å². The summed E-state index contributed by atoms with van der Waals surface area (Å²) in [6.07, 6.45) is -0.592. The number of aliphatic hydroxyl groups excluding tert-OH is 1. The molecule has 118 valence electrons. The maximum absolute atomic E-state index is 12.4. The summed E-state index contributed by atoms with van der Waals surface area (Å²) in [6.45, 7) is 0. The number of halogens is 1. The Kier molecular flexibility index (Phi) is 4.51. The first-order valence-corrected chi connectivity index (χ1v) is 8.65. The second kappa shape index (κ2) is 5.91. The van der Waals surface area contributed by atoms with E-state index in [2.05, 4.69) is 0 Å². The van der Waals surface area contributed by atoms with Crippen LogP contribution in [0.5, 0.6) is 0 Å². The Morgan fingerprint density at radius 2 is 1.77 bits per heavy atom. The van der Waals surface area contributed by atoms with Gasteiger partial charge in [0.2, 0.25) is 0 Å². The summed E-state index contributed by atoms with van der Waals surface area (Å²) in [5.74, 6) is -3.56. The molecule has 6 nitrogen and oxygen atoms in total. The third-order valence-corrected chi connectivity index (χ3v) is 4.84. The summed E-state index contributed by atoms with van der Waals surface area (Å²) in [6, 6.07) is 3.49. The second-order valence-electron chi connectivity index (χ2n) is 5.21. The van der Waals surface area contributed by atoms with Crippen molar-refractivity contribution < 1.29 is 27.9 Å². The predicted molar refractivity (Wildman–Crippen MR) is 77.6 cm³/mol. The van der Waals surface area contributed by atoms with E-state index in [1.54, 1.807) is 0 Å². The van der Waals surface area contributed by atoms with Gasteiger partial charge >= 0.3 is 0 Å². The molecule has 8 heteroatoms. The van der Waals surface area contributed by atoms with E-state index < -0.39 is 39.2 Å². The van der Waals surface area contributed by atoms with Crippen LogP contribution in [-0.4, -0.2) is 43.2 Å². The molecule has 0 amide bonds. The smallest absolute Gasteiger partial charge is 0.182 e. The summed E-state index contributed by atoms with van der Waals surface area (Å²) < 4.78 is 22.9. The number of hydrogen-bond acceptors (Lipinski definition) is 6. The molecule has 1 saturated carbocycles. The molecule has 2 rings (SSSR count). The van der Waals surface area contributed by atoms with Crippen molar-refractivity contribution in [2.24, 2.45) is 5.92 Å². The van der Waals surface area contributed by atoms with Crippen LogP contribution in [0.25, 0.3) is 0 Å². The van der Waals surface area contributed by atoms with Crippen LogP contribution in [0.2, 0.25) is 5.02 Å². The molecule has 1 aliphatic rings. The summed E-state index contributed by atoms with van der Waals surface area (Å²) >= 11 is 5.92. The maximum Gasteiger partial charge on any atom is 0.182 e. The van der Waals surface area contributed by atoms with Gasteiger partial charge in [-0.15, -0.1) is 0 Å². The molecular weight excluding hydrogens is 332 g/mol. The van der Waals surface area contributed by atoms with Crippen LogP contribution in [0.4, 0.5) is 0 Å². The lowest BCUT2D eigenvalue weighted by Gasteiger charge is -2.22. The molecule has 0 saturated heterocycles. The Balaban J connectivity index is 2.38. The van der Waals surface area contributed by atoms with Gasteiger partial charge in [0.05, 0.1) is 16.0 Å². The Labute approximate surface area is 132 Å². The molecule has 0 unspecified atom stereocenters. The molecule has 22 heavy (non-hydrogen) atoms. The first kappa shape index (κ1) is 16.8. The first-order valence-electron chi connectivity index (χ1n) is 6.38. The van der Waals surface area contributed by atoms with Crippen LogP contribution in [0.15, 0.2) is 23.1 Å². The van der Waals surface area contributed by atoms with E-state index in [0.717, 1.165) is 12.3 Å². The molecule has 0 atom stereocenters. The van der Waals surface area contributed by atoms with Crippen molar-refractivity contribution in [2.45, 2.75) is 23.8 Å². The van der Waals surface area contributed by atoms with Crippen LogP contribution in [0, 0.1) is 5.92 Å². The van der Waals surface area contributed by atoms with E-state index >= 15 is 0 Å². The number of carbonyl (C=O) groups excluding carboxylic acids is 3. The van der Waals surface area contributed by atoms with Crippen LogP contribution in [0.1, 0.15) is 23.2 Å². The van der Waals surface area contributed by atoms with Gasteiger partial charge in [-0.05, 0) is 18.2 Å². The number of hydrogen-bond donors (Lipinski definition) is 1. The number of ketones is 3. The molecule has 1 aromatic rings. The van der Waals surface area contributed by atoms with Crippen LogP contribution in [-0.2, 0) is 19.4 Å². The number of Topliss-reactive ketones (excluding diaryl/α,β-unsaturated/α-hetero) is 3. The molecule has 1 fully saturated rings. The van der Waals surface area contributed by atoms with Gasteiger partial charge in [0.1, 0.15) is 5.92 Å². The average Bonchev–Trinajstić information content (AvgIpc) is 2.35. The Morgan fingerprint density at radius 3 is 2.23 bits per heavy atom. The SMILES string of the molecule is CS(=O)(=O)c1ccc(C(=O)C2C(=O)CC(O)CC2=O)c(Cl)c1. The predicted octanol–water partition coefficient (Wildman–Crippen LogP) is 0.835. The highest BCUT2D eigenvalue weighted by atomic mass is 35.5. The number of rotatable bonds is 3. The van der Waals surface area contributed by atoms with Crippen molar-refractivity contribution in [3.05, 3.63) is 28.8 Å². The molecule has 0 spiro atoms. The Morgan fingerprint density at radius 1 is 1.23 bits per heavy atom. The second-order valence-corrected chi connectivity index (χ2v) is 7.63. The summed E-state index contributed by atoms with van der Waals surface area (Å²) in [5, 5.41) is 9.22. The molecule has 0 aromatic heterocycles. The van der Waals surface area contributed by atoms with Gasteiger partial charge in [0, 0.05) is 24.7 Å². The summed E-state index contributed by atoms with van der Waals surface area (Å²) in [5.41, 5.74) is -0.0860. The first-order chi connectivity index (χ1) is 10.1. The lowest BCUT2D eigenvalue weighted by molar-refractivity contribution is -0.137. The maximum atomic E-state index is 12.4. The number of aliphatic hydroxyl groups is 1. The molecular formula is C14H13ClO6S. The summed E-state index contributed by atoms with van der Waals surface area (Å²) in [4.78, 5) is 35.9. The van der Waals surface area contributed by atoms with Gasteiger partial charge in [0.15, 0.2) is 27.2 Å². The molecule has 1 aliphatic carbocycles. The lowest BCUT2D eigenvalue weighted by Crippen LogP contribution is -2.40. The largest absolute Gasteiger partial charge is 0.392 e. The van der Waals surface area contributed by atoms with E-state index in [1.807, 2.05) is 0 Å². The van der Waals surface area contributed by atoms with E-state index in [9.17, 15) is 27.9 Å². The quantitative estimate of drug-likeness (QED) is 0.643. The van der Waals surface area contributed by atoms with E-state index in [0.29, 0.717) is 0 Å². The standard InChI is InChI=1S/C14H13ClO6S/c1-22(20,21)8-2-3-9(10(15)6-8)14(19)13-11(17)4-7(16)5-12(13)18/h2-3,6-7,13,16H,4-5H2,1H3. The third kappa shape index (κ3) is 3.26. The molecule has 0 aliphatic heterocycles. The van der Waals surface area contributed by atoms with Crippen molar-refractivity contribution in [3.63, 3.8) is 0 Å². The van der Waals surface area contributed by atoms with Crippen molar-refractivity contribution in [1.29, 1.82) is 0 Å². The van der Waals surface area contributed by atoms with Gasteiger partial charge in [0.25, 0.3) is 0 Å². The summed E-state index contributed by atoms with van der Waals surface area (Å²) in [7, 11) is -3.48. The zero-order valence-corrected chi connectivity index (χ0v) is 13.1. The Bertz CT molecular complexity index is 750. The highest BCUT2D eigenvalue weighted by molar-refractivity contribution is 7.90. The minimum Gasteiger partial charge on any atom is -0.392 e. The fraction of sp³-hybridized carbons (Fsp3) is 0.357. The van der Waals surface area contributed by atoms with Gasteiger partial charge < -0.3 is 5.11 Å². The Hall–Kier alpha value is -1.57. The van der Waals surface area contributed by atoms with Crippen molar-refractivity contribution >= 4 is 38.8 Å². The zero-order chi connectivity index (χ0) is 16.7. The third-order valence-electron chi connectivity index (χ3n) is 3.41. The van der Waals surface area contributed by atoms with Crippen LogP contribution >= 0.6 is 11.6 Å². The van der Waals surface area contributed by atoms with Crippen molar-refractivity contribution in [1.82, 2.24) is 0 Å². The molecule has 0 radical (unpaired) electrons. The number of benzene rings is 1. The fourth-order valence-corrected chi connectivity index (χ4v) is 3.31. The number of sulfone groups is 1. The zero-order valence-electron chi connectivity index (χ0n) is 11.6. The molecule has 1 aromatic carbocycles. The van der Waals surface area contributed by atoms with Crippen LogP contribution < -0.4 is 0 Å². The van der Waals surface area contributed by atoms with Gasteiger partial charge in [-0.2, -0.15) is 0 Å². The molecule has 1 N–H and O–H groups in total. The van der Waals surface area contributed by atoms with Gasteiger partial charge in [-0.1, -0.05) is 11.6 Å². The lowest BCUT2D eigenvalue weighted by atomic mass is 9.80. The normalized spacial score (nSPS) is 22.7. The minimum atomic E-state index is -3.48. The van der Waals surface area contributed by atoms with E-state index in [-0.39, 0.29) is 28.3 Å². The average molecular weight is 345 g/mol. The van der Waals surface area contributed by atoms with E-state index in [1.165, 1.54) is 12.1 Å². The topological polar surface area (TPSA) is 106 Å². The van der Waals surface area contributed by atoms with Gasteiger partial charge in [-0.3, -0.25) is 14.4 Å². The molecule has 0 bridgehead atoms.